The molecule has 4 rings (SSSR count). The second-order valence-electron chi connectivity index (χ2n) is 7.78. The largest absolute Gasteiger partial charge is 0.259 e. The van der Waals surface area contributed by atoms with Gasteiger partial charge in [-0.3, -0.25) is 5.10 Å². The maximum absolute atomic E-state index is 4.68. The number of hydrogen-bond acceptors (Lipinski definition) is 2. The number of rotatable bonds is 3. The van der Waals surface area contributed by atoms with Crippen molar-refractivity contribution in [3.8, 4) is 33.9 Å². The number of H-pyrrole nitrogens is 1. The Balaban J connectivity index is 1.57. The summed E-state index contributed by atoms with van der Waals surface area (Å²) in [6.07, 6.45) is 0. The minimum absolute atomic E-state index is 0.142. The quantitative estimate of drug-likeness (QED) is 0.483. The van der Waals surface area contributed by atoms with Gasteiger partial charge >= 0.3 is 0 Å². The molecule has 0 unspecified atom stereocenters. The van der Waals surface area contributed by atoms with Crippen molar-refractivity contribution in [3.63, 3.8) is 0 Å². The minimum atomic E-state index is 0.142. The first-order chi connectivity index (χ1) is 13.0. The van der Waals surface area contributed by atoms with E-state index in [0.717, 1.165) is 22.8 Å². The van der Waals surface area contributed by atoms with E-state index >= 15 is 0 Å². The first-order valence-electron chi connectivity index (χ1n) is 9.20. The van der Waals surface area contributed by atoms with Crippen molar-refractivity contribution in [2.45, 2.75) is 26.2 Å². The topological polar surface area (TPSA) is 41.6 Å². The Hall–Kier alpha value is -3.20. The molecule has 1 heterocycles. The Bertz CT molecular complexity index is 1020. The third kappa shape index (κ3) is 3.68. The molecule has 1 N–H and O–H groups in total. The van der Waals surface area contributed by atoms with Gasteiger partial charge in [0.15, 0.2) is 11.6 Å². The van der Waals surface area contributed by atoms with Crippen LogP contribution < -0.4 is 0 Å². The van der Waals surface area contributed by atoms with Crippen molar-refractivity contribution < 1.29 is 0 Å². The Morgan fingerprint density at radius 3 is 1.81 bits per heavy atom. The number of benzene rings is 3. The van der Waals surface area contributed by atoms with E-state index in [9.17, 15) is 0 Å². The second-order valence-corrected chi connectivity index (χ2v) is 7.78. The van der Waals surface area contributed by atoms with Crippen molar-refractivity contribution in [2.75, 3.05) is 0 Å². The van der Waals surface area contributed by atoms with Crippen LogP contribution in [-0.4, -0.2) is 15.2 Å². The molecule has 134 valence electrons. The molecule has 0 spiro atoms. The first kappa shape index (κ1) is 17.2. The van der Waals surface area contributed by atoms with Crippen molar-refractivity contribution in [1.29, 1.82) is 0 Å². The summed E-state index contributed by atoms with van der Waals surface area (Å²) in [6, 6.07) is 27.2. The summed E-state index contributed by atoms with van der Waals surface area (Å²) in [4.78, 5) is 4.68. The van der Waals surface area contributed by atoms with Gasteiger partial charge in [-0.1, -0.05) is 99.6 Å². The van der Waals surface area contributed by atoms with Crippen LogP contribution in [0.1, 0.15) is 26.3 Å². The fraction of sp³-hybridized carbons (Fsp3) is 0.167. The predicted octanol–water partition coefficient (Wildman–Crippen LogP) is 6.10. The molecule has 0 saturated heterocycles. The molecule has 0 bridgehead atoms. The molecule has 27 heavy (non-hydrogen) atoms. The number of aromatic amines is 1. The van der Waals surface area contributed by atoms with Gasteiger partial charge in [0.25, 0.3) is 0 Å². The number of nitrogens with one attached hydrogen (secondary N) is 1. The van der Waals surface area contributed by atoms with Gasteiger partial charge in [-0.25, -0.2) is 4.98 Å². The van der Waals surface area contributed by atoms with E-state index in [1.54, 1.807) is 0 Å². The van der Waals surface area contributed by atoms with E-state index in [4.69, 9.17) is 0 Å². The fourth-order valence-corrected chi connectivity index (χ4v) is 3.09. The van der Waals surface area contributed by atoms with Gasteiger partial charge in [0.1, 0.15) is 0 Å². The normalized spacial score (nSPS) is 11.5. The van der Waals surface area contributed by atoms with Crippen LogP contribution >= 0.6 is 0 Å². The minimum Gasteiger partial charge on any atom is -0.259 e. The zero-order chi connectivity index (χ0) is 18.9. The van der Waals surface area contributed by atoms with Crippen LogP contribution in [0.2, 0.25) is 0 Å². The lowest BCUT2D eigenvalue weighted by Crippen LogP contribution is -2.10. The summed E-state index contributed by atoms with van der Waals surface area (Å²) >= 11 is 0. The molecule has 0 atom stereocenters. The third-order valence-electron chi connectivity index (χ3n) is 4.76. The summed E-state index contributed by atoms with van der Waals surface area (Å²) in [5.41, 5.74) is 5.89. The van der Waals surface area contributed by atoms with Crippen LogP contribution in [0.4, 0.5) is 0 Å². The average Bonchev–Trinajstić information content (AvgIpc) is 3.18. The van der Waals surface area contributed by atoms with Gasteiger partial charge in [0, 0.05) is 11.1 Å². The van der Waals surface area contributed by atoms with Crippen molar-refractivity contribution in [1.82, 2.24) is 15.2 Å². The van der Waals surface area contributed by atoms with Gasteiger partial charge in [0.2, 0.25) is 0 Å². The van der Waals surface area contributed by atoms with Crippen molar-refractivity contribution in [2.24, 2.45) is 0 Å². The van der Waals surface area contributed by atoms with E-state index in [2.05, 4.69) is 109 Å². The van der Waals surface area contributed by atoms with Crippen LogP contribution in [0, 0.1) is 0 Å². The molecule has 3 heteroatoms. The summed E-state index contributed by atoms with van der Waals surface area (Å²) < 4.78 is 0. The first-order valence-corrected chi connectivity index (χ1v) is 9.20. The van der Waals surface area contributed by atoms with Gasteiger partial charge in [-0.15, -0.1) is 0 Å². The lowest BCUT2D eigenvalue weighted by molar-refractivity contribution is 0.590. The van der Waals surface area contributed by atoms with Crippen molar-refractivity contribution >= 4 is 0 Å². The standard InChI is InChI=1S/C24H23N3/c1-24(2,3)21-15-13-20(14-16-21)23-25-22(26-27-23)19-11-9-18(10-12-19)17-7-5-4-6-8-17/h4-16H,1-3H3,(H,25,26,27). The summed E-state index contributed by atoms with van der Waals surface area (Å²) in [5.74, 6) is 1.50. The highest BCUT2D eigenvalue weighted by Crippen LogP contribution is 2.27. The molecule has 0 amide bonds. The van der Waals surface area contributed by atoms with Crippen LogP contribution in [0.3, 0.4) is 0 Å². The highest BCUT2D eigenvalue weighted by molar-refractivity contribution is 5.68. The highest BCUT2D eigenvalue weighted by Gasteiger charge is 2.14. The average molecular weight is 353 g/mol. The molecule has 3 aromatic carbocycles. The Morgan fingerprint density at radius 1 is 0.630 bits per heavy atom. The molecule has 0 radical (unpaired) electrons. The van der Waals surface area contributed by atoms with Gasteiger partial charge in [-0.2, -0.15) is 5.10 Å². The SMILES string of the molecule is CC(C)(C)c1ccc(-c2n[nH]c(-c3ccc(-c4ccccc4)cc3)n2)cc1. The van der Waals surface area contributed by atoms with E-state index in [-0.39, 0.29) is 5.41 Å². The number of aromatic nitrogens is 3. The van der Waals surface area contributed by atoms with Gasteiger partial charge in [-0.05, 0) is 22.1 Å². The Morgan fingerprint density at radius 2 is 1.19 bits per heavy atom. The maximum Gasteiger partial charge on any atom is 0.181 e. The second kappa shape index (κ2) is 6.84. The van der Waals surface area contributed by atoms with Crippen LogP contribution in [0.15, 0.2) is 78.9 Å². The van der Waals surface area contributed by atoms with E-state index < -0.39 is 0 Å². The third-order valence-corrected chi connectivity index (χ3v) is 4.76. The molecule has 0 saturated carbocycles. The molecule has 0 fully saturated rings. The molecule has 1 aromatic heterocycles. The fourth-order valence-electron chi connectivity index (χ4n) is 3.09. The zero-order valence-corrected chi connectivity index (χ0v) is 15.9. The summed E-state index contributed by atoms with van der Waals surface area (Å²) in [5, 5.41) is 7.46. The molecule has 4 aromatic rings. The van der Waals surface area contributed by atoms with E-state index in [1.165, 1.54) is 16.7 Å². The van der Waals surface area contributed by atoms with Crippen molar-refractivity contribution in [3.05, 3.63) is 84.4 Å². The van der Waals surface area contributed by atoms with E-state index in [0.29, 0.717) is 0 Å². The Kier molecular flexibility index (Phi) is 4.36. The zero-order valence-electron chi connectivity index (χ0n) is 15.9. The number of hydrogen-bond donors (Lipinski definition) is 1. The molecular formula is C24H23N3. The van der Waals surface area contributed by atoms with Gasteiger partial charge < -0.3 is 0 Å². The van der Waals surface area contributed by atoms with Crippen LogP contribution in [-0.2, 0) is 5.41 Å². The van der Waals surface area contributed by atoms with Gasteiger partial charge in [0.05, 0.1) is 0 Å². The molecular weight excluding hydrogens is 330 g/mol. The molecule has 0 aliphatic heterocycles. The van der Waals surface area contributed by atoms with E-state index in [1.807, 2.05) is 6.07 Å². The molecule has 0 aliphatic carbocycles. The van der Waals surface area contributed by atoms with Crippen LogP contribution in [0.25, 0.3) is 33.9 Å². The Labute approximate surface area is 160 Å². The highest BCUT2D eigenvalue weighted by atomic mass is 15.2. The summed E-state index contributed by atoms with van der Waals surface area (Å²) in [7, 11) is 0. The lowest BCUT2D eigenvalue weighted by Gasteiger charge is -2.18. The lowest BCUT2D eigenvalue weighted by atomic mass is 9.87. The predicted molar refractivity (Wildman–Crippen MR) is 111 cm³/mol. The maximum atomic E-state index is 4.68. The number of nitrogens with zero attached hydrogens (tertiary/aromatic N) is 2. The van der Waals surface area contributed by atoms with Crippen LogP contribution in [0.5, 0.6) is 0 Å². The smallest absolute Gasteiger partial charge is 0.181 e. The monoisotopic (exact) mass is 353 g/mol. The molecule has 0 aliphatic rings. The summed E-state index contributed by atoms with van der Waals surface area (Å²) in [6.45, 7) is 6.64. The molecule has 3 nitrogen and oxygen atoms in total.